The van der Waals surface area contributed by atoms with Crippen molar-refractivity contribution in [2.45, 2.75) is 19.3 Å². The Kier molecular flexibility index (Phi) is 4.23. The van der Waals surface area contributed by atoms with E-state index in [-0.39, 0.29) is 18.6 Å². The van der Waals surface area contributed by atoms with Gasteiger partial charge in [-0.3, -0.25) is 4.79 Å². The van der Waals surface area contributed by atoms with Crippen LogP contribution in [0.4, 0.5) is 10.9 Å². The van der Waals surface area contributed by atoms with Gasteiger partial charge in [-0.05, 0) is 13.0 Å². The third-order valence-corrected chi connectivity index (χ3v) is 5.46. The van der Waals surface area contributed by atoms with Gasteiger partial charge in [0, 0.05) is 24.4 Å². The zero-order valence-corrected chi connectivity index (χ0v) is 15.5. The number of nitrogens with one attached hydrogen (secondary N) is 2. The van der Waals surface area contributed by atoms with E-state index < -0.39 is 0 Å². The smallest absolute Gasteiger partial charge is 0.231 e. The Balaban J connectivity index is 1.87. The number of nitrogens with zero attached hydrogens (tertiary/aromatic N) is 1. The second-order valence-corrected chi connectivity index (χ2v) is 6.86. The predicted molar refractivity (Wildman–Crippen MR) is 97.0 cm³/mol. The van der Waals surface area contributed by atoms with Gasteiger partial charge in [0.25, 0.3) is 0 Å². The number of ether oxygens (including phenoxy) is 4. The lowest BCUT2D eigenvalue weighted by Gasteiger charge is -2.24. The first-order valence-corrected chi connectivity index (χ1v) is 9.06. The van der Waals surface area contributed by atoms with Crippen molar-refractivity contribution in [1.82, 2.24) is 4.98 Å². The lowest BCUT2D eigenvalue weighted by molar-refractivity contribution is -0.116. The molecule has 0 saturated carbocycles. The minimum absolute atomic E-state index is 0.0884. The highest BCUT2D eigenvalue weighted by Crippen LogP contribution is 2.54. The molecule has 3 heterocycles. The summed E-state index contributed by atoms with van der Waals surface area (Å²) in [6.45, 7) is 2.86. The molecule has 1 aromatic carbocycles. The number of hydrogen-bond donors (Lipinski definition) is 2. The van der Waals surface area contributed by atoms with Crippen LogP contribution in [0.25, 0.3) is 0 Å². The van der Waals surface area contributed by atoms with Crippen molar-refractivity contribution in [1.29, 1.82) is 0 Å². The summed E-state index contributed by atoms with van der Waals surface area (Å²) in [5, 5.41) is 6.82. The van der Waals surface area contributed by atoms with Crippen molar-refractivity contribution < 1.29 is 23.7 Å². The monoisotopic (exact) mass is 377 g/mol. The maximum atomic E-state index is 12.3. The second-order valence-electron chi connectivity index (χ2n) is 5.83. The number of hydrogen-bond acceptors (Lipinski definition) is 8. The number of thiazole rings is 1. The summed E-state index contributed by atoms with van der Waals surface area (Å²) in [4.78, 5) is 17.7. The number of anilines is 2. The summed E-state index contributed by atoms with van der Waals surface area (Å²) in [6, 6.07) is 1.85. The lowest BCUT2D eigenvalue weighted by atomic mass is 9.90. The number of methoxy groups -OCH3 is 2. The first-order chi connectivity index (χ1) is 12.7. The van der Waals surface area contributed by atoms with Gasteiger partial charge in [0.05, 0.1) is 19.1 Å². The average Bonchev–Trinajstić information content (AvgIpc) is 3.26. The number of carbonyl (C=O) groups is 1. The molecule has 8 nitrogen and oxygen atoms in total. The zero-order valence-electron chi connectivity index (χ0n) is 14.7. The van der Waals surface area contributed by atoms with E-state index in [1.165, 1.54) is 11.3 Å². The molecule has 1 aromatic heterocycles. The number of fused-ring (bicyclic) bond motifs is 2. The number of amides is 1. The van der Waals surface area contributed by atoms with E-state index in [1.54, 1.807) is 14.2 Å². The van der Waals surface area contributed by atoms with Gasteiger partial charge in [0.1, 0.15) is 5.82 Å². The van der Waals surface area contributed by atoms with Crippen molar-refractivity contribution in [3.8, 4) is 23.0 Å². The average molecular weight is 377 g/mol. The summed E-state index contributed by atoms with van der Waals surface area (Å²) < 4.78 is 22.2. The van der Waals surface area contributed by atoms with Crippen molar-refractivity contribution in [2.75, 3.05) is 38.2 Å². The van der Waals surface area contributed by atoms with Gasteiger partial charge in [0.2, 0.25) is 24.2 Å². The van der Waals surface area contributed by atoms with E-state index in [0.717, 1.165) is 22.1 Å². The molecule has 0 aliphatic carbocycles. The fourth-order valence-corrected chi connectivity index (χ4v) is 4.36. The molecule has 138 valence electrons. The summed E-state index contributed by atoms with van der Waals surface area (Å²) in [7, 11) is 3.15. The van der Waals surface area contributed by atoms with E-state index in [0.29, 0.717) is 35.2 Å². The van der Waals surface area contributed by atoms with Crippen LogP contribution in [0.15, 0.2) is 6.07 Å². The molecule has 0 bridgehead atoms. The number of benzene rings is 1. The van der Waals surface area contributed by atoms with E-state index in [1.807, 2.05) is 13.0 Å². The van der Waals surface area contributed by atoms with Crippen LogP contribution in [-0.4, -0.2) is 38.4 Å². The molecule has 0 spiro atoms. The highest BCUT2D eigenvalue weighted by Gasteiger charge is 2.36. The van der Waals surface area contributed by atoms with Crippen molar-refractivity contribution in [2.24, 2.45) is 0 Å². The quantitative estimate of drug-likeness (QED) is 0.828. The Morgan fingerprint density at radius 2 is 2.15 bits per heavy atom. The number of rotatable bonds is 5. The van der Waals surface area contributed by atoms with Crippen LogP contribution in [0, 0.1) is 0 Å². The van der Waals surface area contributed by atoms with Gasteiger partial charge in [-0.1, -0.05) is 11.3 Å². The van der Waals surface area contributed by atoms with Gasteiger partial charge >= 0.3 is 0 Å². The minimum Gasteiger partial charge on any atom is -0.493 e. The summed E-state index contributed by atoms with van der Waals surface area (Å²) in [5.41, 5.74) is 0.816. The Morgan fingerprint density at radius 3 is 2.88 bits per heavy atom. The molecule has 2 aromatic rings. The van der Waals surface area contributed by atoms with E-state index in [4.69, 9.17) is 18.9 Å². The van der Waals surface area contributed by atoms with Crippen LogP contribution < -0.4 is 29.6 Å². The molecule has 26 heavy (non-hydrogen) atoms. The standard InChI is InChI=1S/C17H19N3O5S/c1-4-18-17-20-16-15(26-17)9(6-11(21)19-16)8-5-10(22-2)13-14(12(8)23-3)25-7-24-13/h5,9H,4,6-7H2,1-3H3,(H,18,20)(H,19,21)/t9-/m0/s1. The highest BCUT2D eigenvalue weighted by molar-refractivity contribution is 7.16. The van der Waals surface area contributed by atoms with Gasteiger partial charge in [0.15, 0.2) is 16.6 Å². The fraction of sp³-hybridized carbons (Fsp3) is 0.412. The van der Waals surface area contributed by atoms with E-state index in [9.17, 15) is 4.79 Å². The molecule has 9 heteroatoms. The topological polar surface area (TPSA) is 90.9 Å². The molecule has 0 radical (unpaired) electrons. The zero-order chi connectivity index (χ0) is 18.3. The van der Waals surface area contributed by atoms with Crippen LogP contribution in [0.1, 0.15) is 29.7 Å². The van der Waals surface area contributed by atoms with Gasteiger partial charge < -0.3 is 29.6 Å². The van der Waals surface area contributed by atoms with Gasteiger partial charge in [-0.15, -0.1) is 0 Å². The maximum Gasteiger partial charge on any atom is 0.231 e. The predicted octanol–water partition coefficient (Wildman–Crippen LogP) is 2.79. The first-order valence-electron chi connectivity index (χ1n) is 8.25. The molecule has 1 amide bonds. The SMILES string of the molecule is CCNc1nc2c(s1)[C@H](c1cc(OC)c3c(c1OC)OCO3)CC(=O)N2. The van der Waals surface area contributed by atoms with Crippen molar-refractivity contribution >= 4 is 28.2 Å². The minimum atomic E-state index is -0.206. The van der Waals surface area contributed by atoms with E-state index in [2.05, 4.69) is 15.6 Å². The summed E-state index contributed by atoms with van der Waals surface area (Å²) in [5.74, 6) is 2.43. The van der Waals surface area contributed by atoms with Crippen LogP contribution in [0.3, 0.4) is 0 Å². The first kappa shape index (κ1) is 16.8. The highest BCUT2D eigenvalue weighted by atomic mass is 32.1. The molecule has 2 aliphatic rings. The van der Waals surface area contributed by atoms with Crippen molar-refractivity contribution in [3.05, 3.63) is 16.5 Å². The molecule has 0 fully saturated rings. The Morgan fingerprint density at radius 1 is 1.35 bits per heavy atom. The molecule has 4 rings (SSSR count). The number of carbonyl (C=O) groups excluding carboxylic acids is 1. The fourth-order valence-electron chi connectivity index (χ4n) is 3.25. The second kappa shape index (κ2) is 6.56. The normalized spacial score (nSPS) is 17.5. The van der Waals surface area contributed by atoms with Crippen molar-refractivity contribution in [3.63, 3.8) is 0 Å². The third-order valence-electron chi connectivity index (χ3n) is 4.34. The molecule has 2 aliphatic heterocycles. The third kappa shape index (κ3) is 2.59. The Bertz CT molecular complexity index is 867. The number of aromatic nitrogens is 1. The lowest BCUT2D eigenvalue weighted by Crippen LogP contribution is -2.23. The van der Waals surface area contributed by atoms with Crippen LogP contribution in [0.5, 0.6) is 23.0 Å². The van der Waals surface area contributed by atoms with Crippen LogP contribution >= 0.6 is 11.3 Å². The summed E-state index contributed by atoms with van der Waals surface area (Å²) >= 11 is 1.53. The molecule has 2 N–H and O–H groups in total. The molecule has 1 atom stereocenters. The molecular weight excluding hydrogens is 358 g/mol. The van der Waals surface area contributed by atoms with Crippen LogP contribution in [-0.2, 0) is 4.79 Å². The largest absolute Gasteiger partial charge is 0.493 e. The Hall–Kier alpha value is -2.68. The van der Waals surface area contributed by atoms with Crippen LogP contribution in [0.2, 0.25) is 0 Å². The maximum absolute atomic E-state index is 12.3. The van der Waals surface area contributed by atoms with Gasteiger partial charge in [-0.2, -0.15) is 0 Å². The molecule has 0 unspecified atom stereocenters. The molecular formula is C17H19N3O5S. The van der Waals surface area contributed by atoms with E-state index >= 15 is 0 Å². The molecule has 0 saturated heterocycles. The van der Waals surface area contributed by atoms with Gasteiger partial charge in [-0.25, -0.2) is 4.98 Å². The Labute approximate surface area is 154 Å². The summed E-state index contributed by atoms with van der Waals surface area (Å²) in [6.07, 6.45) is 0.292.